The summed E-state index contributed by atoms with van der Waals surface area (Å²) in [6.45, 7) is 20.1. The van der Waals surface area contributed by atoms with Crippen LogP contribution in [0.4, 0.5) is 0 Å². The summed E-state index contributed by atoms with van der Waals surface area (Å²) < 4.78 is 14.6. The maximum atomic E-state index is 7.35. The van der Waals surface area contributed by atoms with Crippen LogP contribution in [0.5, 0.6) is 0 Å². The summed E-state index contributed by atoms with van der Waals surface area (Å²) in [6.07, 6.45) is 0.912. The molecule has 0 atom stereocenters. The summed E-state index contributed by atoms with van der Waals surface area (Å²) in [6, 6.07) is 43.7. The highest BCUT2D eigenvalue weighted by Gasteiger charge is 2.52. The van der Waals surface area contributed by atoms with Crippen LogP contribution >= 0.6 is 0 Å². The molecule has 42 heavy (non-hydrogen) atoms. The van der Waals surface area contributed by atoms with Crippen molar-refractivity contribution in [3.8, 4) is 0 Å². The molecule has 2 nitrogen and oxygen atoms in total. The molecule has 4 heteroatoms. The van der Waals surface area contributed by atoms with Crippen LogP contribution in [0.2, 0.25) is 10.1 Å². The first kappa shape index (κ1) is 32.2. The highest BCUT2D eigenvalue weighted by Crippen LogP contribution is 2.39. The summed E-state index contributed by atoms with van der Waals surface area (Å²) in [5, 5.41) is 5.21. The van der Waals surface area contributed by atoms with Gasteiger partial charge in [-0.3, -0.25) is 0 Å². The molecule has 0 saturated carbocycles. The van der Waals surface area contributed by atoms with Crippen LogP contribution < -0.4 is 20.7 Å². The molecule has 0 unspecified atom stereocenters. The Bertz CT molecular complexity index is 1290. The Labute approximate surface area is 257 Å². The van der Waals surface area contributed by atoms with E-state index in [1.165, 1.54) is 20.7 Å². The van der Waals surface area contributed by atoms with Gasteiger partial charge in [0, 0.05) is 13.2 Å². The molecule has 0 amide bonds. The molecule has 0 fully saturated rings. The first-order chi connectivity index (χ1) is 19.8. The van der Waals surface area contributed by atoms with Crippen molar-refractivity contribution < 1.29 is 8.85 Å². The Kier molecular flexibility index (Phi) is 9.84. The summed E-state index contributed by atoms with van der Waals surface area (Å²) in [5.41, 5.74) is -0.0710. The van der Waals surface area contributed by atoms with Crippen LogP contribution in [0.3, 0.4) is 0 Å². The maximum Gasteiger partial charge on any atom is 0.261 e. The van der Waals surface area contributed by atoms with E-state index in [9.17, 15) is 0 Å². The van der Waals surface area contributed by atoms with Gasteiger partial charge in [-0.25, -0.2) is 0 Å². The molecule has 0 aliphatic rings. The van der Waals surface area contributed by atoms with Gasteiger partial charge in [0.1, 0.15) is 0 Å². The van der Waals surface area contributed by atoms with E-state index in [2.05, 4.69) is 177 Å². The minimum atomic E-state index is -2.60. The monoisotopic (exact) mass is 594 g/mol. The molecule has 0 radical (unpaired) electrons. The lowest BCUT2D eigenvalue weighted by atomic mass is 9.91. The lowest BCUT2D eigenvalue weighted by Crippen LogP contribution is -2.67. The standard InChI is InChI=1S/C38H50O2Si2/c1-36(2,3)41(32-21-13-9-14-22-32,33-23-15-10-16-24-33)39-30-29-38(7,8)31-40-42(37(4,5)6,34-25-17-11-18-26-34)35-27-19-12-20-28-35/h9-28H,29-31H2,1-8H3. The van der Waals surface area contributed by atoms with Crippen LogP contribution in [0.15, 0.2) is 121 Å². The zero-order valence-electron chi connectivity index (χ0n) is 27.0. The average molecular weight is 595 g/mol. The van der Waals surface area contributed by atoms with Crippen LogP contribution in [0.25, 0.3) is 0 Å². The van der Waals surface area contributed by atoms with E-state index in [0.29, 0.717) is 13.2 Å². The molecular formula is C38H50O2Si2. The van der Waals surface area contributed by atoms with Gasteiger partial charge in [-0.1, -0.05) is 177 Å². The predicted octanol–water partition coefficient (Wildman–Crippen LogP) is 7.56. The van der Waals surface area contributed by atoms with Crippen molar-refractivity contribution >= 4 is 37.4 Å². The van der Waals surface area contributed by atoms with E-state index in [-0.39, 0.29) is 15.5 Å². The third-order valence-electron chi connectivity index (χ3n) is 8.61. The van der Waals surface area contributed by atoms with E-state index in [0.717, 1.165) is 6.42 Å². The molecule has 0 aliphatic heterocycles. The van der Waals surface area contributed by atoms with E-state index >= 15 is 0 Å². The minimum Gasteiger partial charge on any atom is -0.407 e. The van der Waals surface area contributed by atoms with Gasteiger partial charge in [0.2, 0.25) is 0 Å². The molecule has 4 rings (SSSR count). The third kappa shape index (κ3) is 6.57. The van der Waals surface area contributed by atoms with Gasteiger partial charge in [-0.05, 0) is 42.7 Å². The first-order valence-electron chi connectivity index (χ1n) is 15.3. The Morgan fingerprint density at radius 3 is 1.00 bits per heavy atom. The minimum absolute atomic E-state index is 0.0364. The van der Waals surface area contributed by atoms with Crippen LogP contribution in [-0.4, -0.2) is 29.8 Å². The number of rotatable bonds is 11. The van der Waals surface area contributed by atoms with Gasteiger partial charge in [-0.15, -0.1) is 0 Å². The Morgan fingerprint density at radius 1 is 0.429 bits per heavy atom. The van der Waals surface area contributed by atoms with Gasteiger partial charge in [0.25, 0.3) is 16.6 Å². The predicted molar refractivity (Wildman–Crippen MR) is 186 cm³/mol. The largest absolute Gasteiger partial charge is 0.407 e. The van der Waals surface area contributed by atoms with Crippen molar-refractivity contribution in [3.05, 3.63) is 121 Å². The first-order valence-corrected chi connectivity index (χ1v) is 19.2. The van der Waals surface area contributed by atoms with E-state index < -0.39 is 16.6 Å². The van der Waals surface area contributed by atoms with Crippen molar-refractivity contribution in [1.29, 1.82) is 0 Å². The molecule has 222 valence electrons. The zero-order valence-corrected chi connectivity index (χ0v) is 29.0. The summed E-state index contributed by atoms with van der Waals surface area (Å²) >= 11 is 0. The van der Waals surface area contributed by atoms with Crippen molar-refractivity contribution in [2.45, 2.75) is 71.9 Å². The van der Waals surface area contributed by atoms with Gasteiger partial charge in [0.05, 0.1) is 0 Å². The number of benzene rings is 4. The molecule has 0 N–H and O–H groups in total. The molecule has 4 aromatic rings. The maximum absolute atomic E-state index is 7.35. The Hall–Kier alpha value is -2.77. The van der Waals surface area contributed by atoms with Crippen molar-refractivity contribution in [2.24, 2.45) is 5.41 Å². The van der Waals surface area contributed by atoms with E-state index in [1.807, 2.05) is 0 Å². The number of hydrogen-bond acceptors (Lipinski definition) is 2. The van der Waals surface area contributed by atoms with Crippen LogP contribution in [0, 0.1) is 5.41 Å². The fourth-order valence-corrected chi connectivity index (χ4v) is 15.7. The Morgan fingerprint density at radius 2 is 0.714 bits per heavy atom. The third-order valence-corrected chi connectivity index (χ3v) is 18.6. The van der Waals surface area contributed by atoms with Crippen molar-refractivity contribution in [2.75, 3.05) is 13.2 Å². The molecule has 4 aromatic carbocycles. The molecular weight excluding hydrogens is 545 g/mol. The summed E-state index contributed by atoms with van der Waals surface area (Å²) in [5.74, 6) is 0. The lowest BCUT2D eigenvalue weighted by molar-refractivity contribution is 0.134. The van der Waals surface area contributed by atoms with Crippen LogP contribution in [-0.2, 0) is 8.85 Å². The summed E-state index contributed by atoms with van der Waals surface area (Å²) in [7, 11) is -5.18. The smallest absolute Gasteiger partial charge is 0.261 e. The Balaban J connectivity index is 1.63. The molecule has 0 aliphatic carbocycles. The van der Waals surface area contributed by atoms with Gasteiger partial charge < -0.3 is 8.85 Å². The zero-order chi connectivity index (χ0) is 30.5. The molecule has 0 bridgehead atoms. The van der Waals surface area contributed by atoms with Gasteiger partial charge in [-0.2, -0.15) is 0 Å². The number of hydrogen-bond donors (Lipinski definition) is 0. The normalized spacial score (nSPS) is 13.2. The molecule has 0 heterocycles. The molecule has 0 aromatic heterocycles. The van der Waals surface area contributed by atoms with Crippen molar-refractivity contribution in [1.82, 2.24) is 0 Å². The SMILES string of the molecule is CC(C)(CCO[Si](c1ccccc1)(c1ccccc1)C(C)(C)C)CO[Si](c1ccccc1)(c1ccccc1)C(C)(C)C. The van der Waals surface area contributed by atoms with Gasteiger partial charge in [0.15, 0.2) is 0 Å². The van der Waals surface area contributed by atoms with Crippen LogP contribution in [0.1, 0.15) is 61.8 Å². The molecule has 0 saturated heterocycles. The second-order valence-corrected chi connectivity index (χ2v) is 23.0. The highest BCUT2D eigenvalue weighted by molar-refractivity contribution is 7.00. The van der Waals surface area contributed by atoms with Crippen molar-refractivity contribution in [3.63, 3.8) is 0 Å². The van der Waals surface area contributed by atoms with Gasteiger partial charge >= 0.3 is 0 Å². The molecule has 0 spiro atoms. The fraction of sp³-hybridized carbons (Fsp3) is 0.368. The second kappa shape index (κ2) is 12.8. The quantitative estimate of drug-likeness (QED) is 0.167. The second-order valence-electron chi connectivity index (χ2n) is 14.4. The average Bonchev–Trinajstić information content (AvgIpc) is 2.96. The fourth-order valence-electron chi connectivity index (χ4n) is 6.38. The van der Waals surface area contributed by atoms with E-state index in [4.69, 9.17) is 8.85 Å². The summed E-state index contributed by atoms with van der Waals surface area (Å²) in [4.78, 5) is 0. The topological polar surface area (TPSA) is 18.5 Å². The van der Waals surface area contributed by atoms with E-state index in [1.54, 1.807) is 0 Å². The highest BCUT2D eigenvalue weighted by atomic mass is 28.4. The lowest BCUT2D eigenvalue weighted by Gasteiger charge is -2.45.